The summed E-state index contributed by atoms with van der Waals surface area (Å²) in [5, 5.41) is 26.1. The van der Waals surface area contributed by atoms with Crippen molar-refractivity contribution >= 4 is 17.9 Å². The Hall–Kier alpha value is -1.87. The van der Waals surface area contributed by atoms with Crippen LogP contribution >= 0.6 is 0 Å². The minimum Gasteiger partial charge on any atom is -0.480 e. The van der Waals surface area contributed by atoms with Gasteiger partial charge in [0.05, 0.1) is 0 Å². The summed E-state index contributed by atoms with van der Waals surface area (Å²) in [6.45, 7) is 4.24. The van der Waals surface area contributed by atoms with Crippen molar-refractivity contribution < 1.29 is 19.8 Å². The van der Waals surface area contributed by atoms with E-state index in [1.807, 2.05) is 13.8 Å². The van der Waals surface area contributed by atoms with Gasteiger partial charge in [-0.05, 0) is 18.8 Å². The van der Waals surface area contributed by atoms with Gasteiger partial charge in [-0.15, -0.1) is 0 Å². The monoisotopic (exact) mass is 305 g/mol. The van der Waals surface area contributed by atoms with E-state index in [0.717, 1.165) is 6.42 Å². The number of carbonyl (C=O) groups is 2. The van der Waals surface area contributed by atoms with Gasteiger partial charge in [0.25, 0.3) is 0 Å². The van der Waals surface area contributed by atoms with Crippen molar-refractivity contribution in [2.45, 2.75) is 45.2 Å². The van der Waals surface area contributed by atoms with E-state index in [0.29, 0.717) is 19.4 Å². The Bertz CT molecular complexity index is 338. The molecule has 0 heterocycles. The van der Waals surface area contributed by atoms with Crippen molar-refractivity contribution in [3.63, 3.8) is 0 Å². The van der Waals surface area contributed by atoms with E-state index in [9.17, 15) is 9.59 Å². The van der Waals surface area contributed by atoms with Crippen molar-refractivity contribution in [1.82, 2.24) is 5.32 Å². The average Bonchev–Trinajstić information content (AvgIpc) is 2.41. The Morgan fingerprint density at radius 2 is 1.76 bits per heavy atom. The normalized spacial score (nSPS) is 14.1. The SMILES string of the molecule is CC[C@H](C)[C@H](N)C(=O)O.N=C(N)NCCC[C@H](N)C(=O)O. The molecule has 0 amide bonds. The number of nitrogens with two attached hydrogens (primary N) is 3. The van der Waals surface area contributed by atoms with E-state index >= 15 is 0 Å². The van der Waals surface area contributed by atoms with Crippen LogP contribution in [-0.2, 0) is 9.59 Å². The number of carboxylic acid groups (broad SMARTS) is 2. The maximum atomic E-state index is 10.2. The van der Waals surface area contributed by atoms with Crippen LogP contribution in [0.25, 0.3) is 0 Å². The van der Waals surface area contributed by atoms with Gasteiger partial charge < -0.3 is 32.7 Å². The fourth-order valence-electron chi connectivity index (χ4n) is 1.17. The molecule has 0 saturated carbocycles. The zero-order valence-corrected chi connectivity index (χ0v) is 12.5. The van der Waals surface area contributed by atoms with E-state index < -0.39 is 24.0 Å². The Kier molecular flexibility index (Phi) is 12.2. The molecule has 0 radical (unpaired) electrons. The summed E-state index contributed by atoms with van der Waals surface area (Å²) in [4.78, 5) is 20.4. The first-order valence-electron chi connectivity index (χ1n) is 6.68. The van der Waals surface area contributed by atoms with Gasteiger partial charge in [0.1, 0.15) is 12.1 Å². The zero-order chi connectivity index (χ0) is 17.0. The molecule has 0 aliphatic carbocycles. The Morgan fingerprint density at radius 1 is 1.24 bits per heavy atom. The molecule has 0 spiro atoms. The summed E-state index contributed by atoms with van der Waals surface area (Å²) in [5.41, 5.74) is 15.5. The molecule has 0 aliphatic rings. The number of nitrogens with one attached hydrogen (secondary N) is 2. The van der Waals surface area contributed by atoms with Gasteiger partial charge in [0, 0.05) is 6.54 Å². The molecular formula is C12H27N5O4. The lowest BCUT2D eigenvalue weighted by molar-refractivity contribution is -0.140. The van der Waals surface area contributed by atoms with Gasteiger partial charge in [-0.25, -0.2) is 0 Å². The Labute approximate surface area is 124 Å². The van der Waals surface area contributed by atoms with Gasteiger partial charge in [0.15, 0.2) is 5.96 Å². The van der Waals surface area contributed by atoms with Crippen LogP contribution in [-0.4, -0.2) is 46.7 Å². The molecule has 9 heteroatoms. The van der Waals surface area contributed by atoms with Crippen LogP contribution in [0.5, 0.6) is 0 Å². The average molecular weight is 305 g/mol. The molecular weight excluding hydrogens is 278 g/mol. The van der Waals surface area contributed by atoms with Crippen LogP contribution in [0.4, 0.5) is 0 Å². The quantitative estimate of drug-likeness (QED) is 0.170. The molecule has 0 unspecified atom stereocenters. The van der Waals surface area contributed by atoms with Gasteiger partial charge in [-0.1, -0.05) is 20.3 Å². The van der Waals surface area contributed by atoms with E-state index in [4.69, 9.17) is 32.8 Å². The summed E-state index contributed by atoms with van der Waals surface area (Å²) >= 11 is 0. The fourth-order valence-corrected chi connectivity index (χ4v) is 1.17. The van der Waals surface area contributed by atoms with Gasteiger partial charge in [0.2, 0.25) is 0 Å². The number of carboxylic acids is 2. The van der Waals surface area contributed by atoms with Crippen molar-refractivity contribution in [1.29, 1.82) is 5.41 Å². The number of hydrogen-bond donors (Lipinski definition) is 7. The van der Waals surface area contributed by atoms with Crippen LogP contribution in [0.1, 0.15) is 33.1 Å². The standard InChI is InChI=1S/C6H14N4O2.C6H13NO2/c7-4(5(11)12)2-1-3-10-6(8)9;1-3-4(2)5(7)6(8)9/h4H,1-3,7H2,(H,11,12)(H4,8,9,10);4-5H,3,7H2,1-2H3,(H,8,9)/t4-;4-,5-/m00/s1. The van der Waals surface area contributed by atoms with Crippen LogP contribution in [0.2, 0.25) is 0 Å². The molecule has 124 valence electrons. The third-order valence-electron chi connectivity index (χ3n) is 2.87. The highest BCUT2D eigenvalue weighted by Gasteiger charge is 2.17. The van der Waals surface area contributed by atoms with E-state index in [1.54, 1.807) is 0 Å². The van der Waals surface area contributed by atoms with Crippen LogP contribution < -0.4 is 22.5 Å². The number of rotatable bonds is 8. The Balaban J connectivity index is 0. The van der Waals surface area contributed by atoms with Crippen molar-refractivity contribution in [3.8, 4) is 0 Å². The summed E-state index contributed by atoms with van der Waals surface area (Å²) in [7, 11) is 0. The largest absolute Gasteiger partial charge is 0.480 e. The van der Waals surface area contributed by atoms with Crippen LogP contribution in [0.15, 0.2) is 0 Å². The van der Waals surface area contributed by atoms with Gasteiger partial charge in [-0.2, -0.15) is 0 Å². The molecule has 0 aromatic rings. The second-order valence-corrected chi connectivity index (χ2v) is 4.68. The van der Waals surface area contributed by atoms with Gasteiger partial charge in [-0.3, -0.25) is 15.0 Å². The maximum absolute atomic E-state index is 10.2. The van der Waals surface area contributed by atoms with Crippen molar-refractivity contribution in [2.24, 2.45) is 23.1 Å². The number of aliphatic carboxylic acids is 2. The predicted molar refractivity (Wildman–Crippen MR) is 79.8 cm³/mol. The highest BCUT2D eigenvalue weighted by atomic mass is 16.4. The number of guanidine groups is 1. The molecule has 3 atom stereocenters. The minimum absolute atomic E-state index is 0.0718. The topological polar surface area (TPSA) is 189 Å². The predicted octanol–water partition coefficient (Wildman–Crippen LogP) is -0.894. The molecule has 0 aromatic heterocycles. The molecule has 0 aromatic carbocycles. The molecule has 9 nitrogen and oxygen atoms in total. The lowest BCUT2D eigenvalue weighted by Crippen LogP contribution is -2.36. The van der Waals surface area contributed by atoms with Crippen LogP contribution in [0.3, 0.4) is 0 Å². The van der Waals surface area contributed by atoms with E-state index in [1.165, 1.54) is 0 Å². The summed E-state index contributed by atoms with van der Waals surface area (Å²) in [6.07, 6.45) is 1.79. The first kappa shape index (κ1) is 21.4. The molecule has 0 rings (SSSR count). The first-order valence-corrected chi connectivity index (χ1v) is 6.68. The smallest absolute Gasteiger partial charge is 0.320 e. The highest BCUT2D eigenvalue weighted by molar-refractivity contribution is 5.74. The lowest BCUT2D eigenvalue weighted by Gasteiger charge is -2.11. The minimum atomic E-state index is -1.00. The molecule has 0 fully saturated rings. The third kappa shape index (κ3) is 12.9. The van der Waals surface area contributed by atoms with Crippen molar-refractivity contribution in [3.05, 3.63) is 0 Å². The summed E-state index contributed by atoms with van der Waals surface area (Å²) < 4.78 is 0. The zero-order valence-electron chi connectivity index (χ0n) is 12.5. The fraction of sp³-hybridized carbons (Fsp3) is 0.750. The maximum Gasteiger partial charge on any atom is 0.320 e. The Morgan fingerprint density at radius 3 is 2.05 bits per heavy atom. The second kappa shape index (κ2) is 11.9. The summed E-state index contributed by atoms with van der Waals surface area (Å²) in [6, 6.07) is -1.52. The molecule has 0 saturated heterocycles. The second-order valence-electron chi connectivity index (χ2n) is 4.68. The number of hydrogen-bond acceptors (Lipinski definition) is 5. The summed E-state index contributed by atoms with van der Waals surface area (Å²) in [5.74, 6) is -1.96. The lowest BCUT2D eigenvalue weighted by atomic mass is 10.0. The highest BCUT2D eigenvalue weighted by Crippen LogP contribution is 2.04. The molecule has 0 bridgehead atoms. The molecule has 0 aliphatic heterocycles. The van der Waals surface area contributed by atoms with E-state index in [-0.39, 0.29) is 11.9 Å². The van der Waals surface area contributed by atoms with E-state index in [2.05, 4.69) is 5.32 Å². The third-order valence-corrected chi connectivity index (χ3v) is 2.87. The van der Waals surface area contributed by atoms with Crippen LogP contribution in [0, 0.1) is 11.3 Å². The first-order chi connectivity index (χ1) is 9.63. The molecule has 21 heavy (non-hydrogen) atoms. The molecule has 10 N–H and O–H groups in total. The van der Waals surface area contributed by atoms with Crippen molar-refractivity contribution in [2.75, 3.05) is 6.54 Å². The van der Waals surface area contributed by atoms with Gasteiger partial charge >= 0.3 is 11.9 Å².